The van der Waals surface area contributed by atoms with E-state index in [4.69, 9.17) is 9.47 Å². The Morgan fingerprint density at radius 1 is 1.09 bits per heavy atom. The van der Waals surface area contributed by atoms with Crippen LogP contribution in [0, 0.1) is 0 Å². The second-order valence-corrected chi connectivity index (χ2v) is 5.14. The lowest BCUT2D eigenvalue weighted by molar-refractivity contribution is 0.0946. The average Bonchev–Trinajstić information content (AvgIpc) is 3.16. The number of amides is 1. The molecule has 0 radical (unpaired) electrons. The summed E-state index contributed by atoms with van der Waals surface area (Å²) in [5.74, 6) is 1.27. The SMILES string of the molecule is O=C(NCc1ccccc1)c1cc2cc3c(cc2[nH]1)OCO3. The Morgan fingerprint density at radius 3 is 2.68 bits per heavy atom. The third kappa shape index (κ3) is 2.26. The normalized spacial score (nSPS) is 12.5. The van der Waals surface area contributed by atoms with Crippen molar-refractivity contribution in [1.29, 1.82) is 0 Å². The van der Waals surface area contributed by atoms with E-state index in [1.165, 1.54) is 0 Å². The smallest absolute Gasteiger partial charge is 0.267 e. The van der Waals surface area contributed by atoms with Crippen LogP contribution in [0.5, 0.6) is 11.5 Å². The lowest BCUT2D eigenvalue weighted by atomic mass is 10.2. The summed E-state index contributed by atoms with van der Waals surface area (Å²) in [5, 5.41) is 3.83. The highest BCUT2D eigenvalue weighted by Gasteiger charge is 2.17. The van der Waals surface area contributed by atoms with Crippen molar-refractivity contribution in [2.45, 2.75) is 6.54 Å². The first-order valence-electron chi connectivity index (χ1n) is 7.04. The van der Waals surface area contributed by atoms with Gasteiger partial charge in [0.2, 0.25) is 6.79 Å². The summed E-state index contributed by atoms with van der Waals surface area (Å²) < 4.78 is 10.7. The molecule has 4 rings (SSSR count). The van der Waals surface area contributed by atoms with Crippen LogP contribution >= 0.6 is 0 Å². The van der Waals surface area contributed by atoms with Crippen LogP contribution in [0.15, 0.2) is 48.5 Å². The van der Waals surface area contributed by atoms with Gasteiger partial charge in [0.25, 0.3) is 5.91 Å². The van der Waals surface area contributed by atoms with E-state index < -0.39 is 0 Å². The molecule has 2 aromatic carbocycles. The minimum atomic E-state index is -0.137. The molecule has 0 fully saturated rings. The summed E-state index contributed by atoms with van der Waals surface area (Å²) in [6, 6.07) is 15.4. The number of carbonyl (C=O) groups is 1. The van der Waals surface area contributed by atoms with Crippen LogP contribution in [0.3, 0.4) is 0 Å². The predicted molar refractivity (Wildman–Crippen MR) is 82.0 cm³/mol. The van der Waals surface area contributed by atoms with Crippen LogP contribution in [-0.2, 0) is 6.54 Å². The Bertz CT molecular complexity index is 799. The number of benzene rings is 2. The van der Waals surface area contributed by atoms with Crippen molar-refractivity contribution in [2.24, 2.45) is 0 Å². The summed E-state index contributed by atoms with van der Waals surface area (Å²) in [6.45, 7) is 0.740. The molecule has 1 aromatic heterocycles. The van der Waals surface area contributed by atoms with Crippen LogP contribution in [-0.4, -0.2) is 17.7 Å². The minimum Gasteiger partial charge on any atom is -0.454 e. The number of fused-ring (bicyclic) bond motifs is 2. The fourth-order valence-corrected chi connectivity index (χ4v) is 2.52. The Labute approximate surface area is 126 Å². The van der Waals surface area contributed by atoms with Gasteiger partial charge in [0.05, 0.1) is 0 Å². The fraction of sp³-hybridized carbons (Fsp3) is 0.118. The Kier molecular flexibility index (Phi) is 2.96. The quantitative estimate of drug-likeness (QED) is 0.780. The molecule has 0 saturated heterocycles. The number of hydrogen-bond acceptors (Lipinski definition) is 3. The van der Waals surface area contributed by atoms with Gasteiger partial charge in [-0.1, -0.05) is 30.3 Å². The van der Waals surface area contributed by atoms with Crippen molar-refractivity contribution in [1.82, 2.24) is 10.3 Å². The molecule has 5 heteroatoms. The molecule has 1 amide bonds. The highest BCUT2D eigenvalue weighted by atomic mass is 16.7. The van der Waals surface area contributed by atoms with Crippen molar-refractivity contribution in [3.8, 4) is 11.5 Å². The Balaban J connectivity index is 1.54. The monoisotopic (exact) mass is 294 g/mol. The van der Waals surface area contributed by atoms with E-state index in [-0.39, 0.29) is 12.7 Å². The van der Waals surface area contributed by atoms with Gasteiger partial charge in [-0.15, -0.1) is 0 Å². The van der Waals surface area contributed by atoms with Crippen LogP contribution in [0.4, 0.5) is 0 Å². The van der Waals surface area contributed by atoms with E-state index >= 15 is 0 Å². The molecule has 22 heavy (non-hydrogen) atoms. The summed E-state index contributed by atoms with van der Waals surface area (Å²) in [4.78, 5) is 15.3. The van der Waals surface area contributed by atoms with Gasteiger partial charge in [-0.2, -0.15) is 0 Å². The van der Waals surface area contributed by atoms with Gasteiger partial charge in [0.15, 0.2) is 11.5 Å². The van der Waals surface area contributed by atoms with Gasteiger partial charge in [0, 0.05) is 23.5 Å². The second-order valence-electron chi connectivity index (χ2n) is 5.14. The van der Waals surface area contributed by atoms with E-state index in [2.05, 4.69) is 10.3 Å². The van der Waals surface area contributed by atoms with Gasteiger partial charge >= 0.3 is 0 Å². The van der Waals surface area contributed by atoms with Crippen molar-refractivity contribution < 1.29 is 14.3 Å². The molecule has 0 unspecified atom stereocenters. The third-order valence-electron chi connectivity index (χ3n) is 3.65. The van der Waals surface area contributed by atoms with Gasteiger partial charge in [0.1, 0.15) is 5.69 Å². The number of hydrogen-bond donors (Lipinski definition) is 2. The van der Waals surface area contributed by atoms with Crippen LogP contribution in [0.1, 0.15) is 16.1 Å². The van der Waals surface area contributed by atoms with E-state index in [0.29, 0.717) is 23.7 Å². The lowest BCUT2D eigenvalue weighted by Crippen LogP contribution is -2.22. The maximum absolute atomic E-state index is 12.2. The lowest BCUT2D eigenvalue weighted by Gasteiger charge is -2.03. The second kappa shape index (κ2) is 5.11. The largest absolute Gasteiger partial charge is 0.454 e. The molecular formula is C17H14N2O3. The number of H-pyrrole nitrogens is 1. The van der Waals surface area contributed by atoms with Crippen LogP contribution in [0.25, 0.3) is 10.9 Å². The van der Waals surface area contributed by atoms with Crippen molar-refractivity contribution >= 4 is 16.8 Å². The number of rotatable bonds is 3. The highest BCUT2D eigenvalue weighted by Crippen LogP contribution is 2.36. The zero-order valence-corrected chi connectivity index (χ0v) is 11.8. The van der Waals surface area contributed by atoms with Gasteiger partial charge in [-0.25, -0.2) is 0 Å². The fourth-order valence-electron chi connectivity index (χ4n) is 2.52. The average molecular weight is 294 g/mol. The summed E-state index contributed by atoms with van der Waals surface area (Å²) in [5.41, 5.74) is 2.44. The van der Waals surface area contributed by atoms with Crippen molar-refractivity contribution in [3.63, 3.8) is 0 Å². The first kappa shape index (κ1) is 12.8. The van der Waals surface area contributed by atoms with Crippen LogP contribution < -0.4 is 14.8 Å². The van der Waals surface area contributed by atoms with Gasteiger partial charge < -0.3 is 19.8 Å². The Morgan fingerprint density at radius 2 is 1.86 bits per heavy atom. The summed E-state index contributed by atoms with van der Waals surface area (Å²) >= 11 is 0. The van der Waals surface area contributed by atoms with E-state index in [1.54, 1.807) is 0 Å². The minimum absolute atomic E-state index is 0.137. The number of aromatic nitrogens is 1. The summed E-state index contributed by atoms with van der Waals surface area (Å²) in [7, 11) is 0. The van der Waals surface area contributed by atoms with Crippen molar-refractivity contribution in [3.05, 3.63) is 59.8 Å². The first-order valence-corrected chi connectivity index (χ1v) is 7.04. The molecule has 2 N–H and O–H groups in total. The highest BCUT2D eigenvalue weighted by molar-refractivity contribution is 5.98. The molecule has 0 atom stereocenters. The number of aromatic amines is 1. The molecule has 0 saturated carbocycles. The zero-order chi connectivity index (χ0) is 14.9. The number of carbonyl (C=O) groups excluding carboxylic acids is 1. The number of ether oxygens (including phenoxy) is 2. The van der Waals surface area contributed by atoms with Crippen LogP contribution in [0.2, 0.25) is 0 Å². The molecule has 0 bridgehead atoms. The number of nitrogens with one attached hydrogen (secondary N) is 2. The van der Waals surface area contributed by atoms with E-state index in [9.17, 15) is 4.79 Å². The Hall–Kier alpha value is -2.95. The third-order valence-corrected chi connectivity index (χ3v) is 3.65. The maximum atomic E-state index is 12.2. The molecule has 3 aromatic rings. The maximum Gasteiger partial charge on any atom is 0.267 e. The molecule has 2 heterocycles. The summed E-state index contributed by atoms with van der Waals surface area (Å²) in [6.07, 6.45) is 0. The van der Waals surface area contributed by atoms with E-state index in [0.717, 1.165) is 16.5 Å². The molecule has 0 aliphatic carbocycles. The van der Waals surface area contributed by atoms with Crippen molar-refractivity contribution in [2.75, 3.05) is 6.79 Å². The standard InChI is InChI=1S/C17H14N2O3/c20-17(18-9-11-4-2-1-3-5-11)14-6-12-7-15-16(22-10-21-15)8-13(12)19-14/h1-8,19H,9-10H2,(H,18,20). The predicted octanol–water partition coefficient (Wildman–Crippen LogP) is 2.83. The van der Waals surface area contributed by atoms with Gasteiger partial charge in [-0.3, -0.25) is 4.79 Å². The first-order chi connectivity index (χ1) is 10.8. The molecule has 5 nitrogen and oxygen atoms in total. The zero-order valence-electron chi connectivity index (χ0n) is 11.8. The van der Waals surface area contributed by atoms with E-state index in [1.807, 2.05) is 48.5 Å². The molecule has 1 aliphatic heterocycles. The molecule has 1 aliphatic rings. The molecular weight excluding hydrogens is 280 g/mol. The molecule has 0 spiro atoms. The van der Waals surface area contributed by atoms with Gasteiger partial charge in [-0.05, 0) is 17.7 Å². The molecule has 110 valence electrons. The topological polar surface area (TPSA) is 63.4 Å².